The van der Waals surface area contributed by atoms with Crippen LogP contribution >= 0.6 is 0 Å². The number of fused-ring (bicyclic) bond motifs is 7. The fourth-order valence-corrected chi connectivity index (χ4v) is 10.7. The SMILES string of the molecule is c1ccc(-c2nc(-c3ccc4c(-c5cccc6c5[se]c5c(-c7ccccc7)cccc56)cccc4c3)nc(-c3cccc4oc5ccccc5c34)n2)cc1. The standard InChI is InChI=1S/C49H29N3OSe/c1-3-13-30(14-4-1)35-19-10-22-38-39-23-11-21-37(46(39)54-45(35)38)36-20-9-17-32-29-33(27-28-34(32)36)48-50-47(31-15-5-2-6-16-31)51-49(52-48)41-24-12-26-43-44(41)40-18-7-8-25-42(40)53-43/h1-29H. The first kappa shape index (κ1) is 30.9. The van der Waals surface area contributed by atoms with Crippen LogP contribution in [0.5, 0.6) is 0 Å². The van der Waals surface area contributed by atoms with Gasteiger partial charge in [0.25, 0.3) is 0 Å². The summed E-state index contributed by atoms with van der Waals surface area (Å²) in [4.78, 5) is 15.3. The van der Waals surface area contributed by atoms with Crippen molar-refractivity contribution in [2.24, 2.45) is 0 Å². The maximum atomic E-state index is 6.24. The number of benzene rings is 8. The number of nitrogens with zero attached hydrogens (tertiary/aromatic N) is 3. The average Bonchev–Trinajstić information content (AvgIpc) is 3.83. The van der Waals surface area contributed by atoms with E-state index < -0.39 is 0 Å². The van der Waals surface area contributed by atoms with E-state index in [0.29, 0.717) is 17.5 Å². The van der Waals surface area contributed by atoms with E-state index in [4.69, 9.17) is 19.4 Å². The topological polar surface area (TPSA) is 51.8 Å². The van der Waals surface area contributed by atoms with Crippen LogP contribution in [0.25, 0.3) is 108 Å². The van der Waals surface area contributed by atoms with Crippen molar-refractivity contribution in [3.8, 4) is 56.4 Å². The number of hydrogen-bond acceptors (Lipinski definition) is 4. The predicted molar refractivity (Wildman–Crippen MR) is 224 cm³/mol. The minimum absolute atomic E-state index is 0.161. The Balaban J connectivity index is 1.08. The summed E-state index contributed by atoms with van der Waals surface area (Å²) in [6, 6.07) is 61.9. The molecule has 0 bridgehead atoms. The first-order valence-electron chi connectivity index (χ1n) is 18.0. The molecule has 54 heavy (non-hydrogen) atoms. The third-order valence-electron chi connectivity index (χ3n) is 10.3. The van der Waals surface area contributed by atoms with Crippen LogP contribution < -0.4 is 0 Å². The Bertz CT molecular complexity index is 3220. The Hall–Kier alpha value is -6.65. The van der Waals surface area contributed by atoms with Crippen molar-refractivity contribution in [3.05, 3.63) is 176 Å². The van der Waals surface area contributed by atoms with Crippen molar-refractivity contribution in [1.29, 1.82) is 0 Å². The zero-order valence-electron chi connectivity index (χ0n) is 28.9. The van der Waals surface area contributed by atoms with Crippen molar-refractivity contribution >= 4 is 66.5 Å². The summed E-state index contributed by atoms with van der Waals surface area (Å²) in [5.74, 6) is 1.87. The van der Waals surface area contributed by atoms with Gasteiger partial charge in [-0.2, -0.15) is 0 Å². The molecule has 0 unspecified atom stereocenters. The zero-order valence-corrected chi connectivity index (χ0v) is 30.6. The van der Waals surface area contributed by atoms with Crippen molar-refractivity contribution in [2.75, 3.05) is 0 Å². The van der Waals surface area contributed by atoms with Crippen LogP contribution in [0.15, 0.2) is 180 Å². The summed E-state index contributed by atoms with van der Waals surface area (Å²) >= 11 is 0.161. The van der Waals surface area contributed by atoms with Gasteiger partial charge in [0.15, 0.2) is 0 Å². The molecule has 3 aromatic heterocycles. The van der Waals surface area contributed by atoms with Gasteiger partial charge < -0.3 is 4.42 Å². The molecule has 0 amide bonds. The van der Waals surface area contributed by atoms with Crippen molar-refractivity contribution < 1.29 is 4.42 Å². The van der Waals surface area contributed by atoms with E-state index >= 15 is 0 Å². The molecule has 252 valence electrons. The Morgan fingerprint density at radius 2 is 0.926 bits per heavy atom. The van der Waals surface area contributed by atoms with Gasteiger partial charge in [0, 0.05) is 5.39 Å². The molecule has 0 atom stereocenters. The van der Waals surface area contributed by atoms with Crippen LogP contribution in [0.4, 0.5) is 0 Å². The minimum Gasteiger partial charge on any atom is -0.0615 e. The summed E-state index contributed by atoms with van der Waals surface area (Å²) in [6.07, 6.45) is 0. The normalized spacial score (nSPS) is 11.7. The van der Waals surface area contributed by atoms with E-state index in [9.17, 15) is 0 Å². The summed E-state index contributed by atoms with van der Waals surface area (Å²) in [5, 5.41) is 7.09. The molecule has 8 aromatic carbocycles. The molecule has 4 nitrogen and oxygen atoms in total. The van der Waals surface area contributed by atoms with Gasteiger partial charge in [0.05, 0.1) is 0 Å². The molecule has 0 saturated carbocycles. The fourth-order valence-electron chi connectivity index (χ4n) is 7.84. The van der Waals surface area contributed by atoms with Crippen molar-refractivity contribution in [2.45, 2.75) is 0 Å². The number of hydrogen-bond donors (Lipinski definition) is 0. The van der Waals surface area contributed by atoms with Gasteiger partial charge in [-0.05, 0) is 12.1 Å². The van der Waals surface area contributed by atoms with E-state index in [-0.39, 0.29) is 14.5 Å². The summed E-state index contributed by atoms with van der Waals surface area (Å²) in [7, 11) is 0. The number of rotatable bonds is 5. The third-order valence-corrected chi connectivity index (χ3v) is 13.1. The first-order valence-corrected chi connectivity index (χ1v) is 19.7. The van der Waals surface area contributed by atoms with Gasteiger partial charge in [0.1, 0.15) is 11.2 Å². The second kappa shape index (κ2) is 12.5. The Morgan fingerprint density at radius 3 is 1.74 bits per heavy atom. The van der Waals surface area contributed by atoms with E-state index in [2.05, 4.69) is 115 Å². The molecule has 0 N–H and O–H groups in total. The molecule has 0 aliphatic rings. The summed E-state index contributed by atoms with van der Waals surface area (Å²) < 4.78 is 9.14. The molecular formula is C49H29N3OSe. The first-order chi connectivity index (χ1) is 26.8. The predicted octanol–water partition coefficient (Wildman–Crippen LogP) is 12.6. The molecule has 0 aliphatic heterocycles. The molecule has 11 aromatic rings. The molecule has 0 spiro atoms. The quantitative estimate of drug-likeness (QED) is 0.164. The van der Waals surface area contributed by atoms with Gasteiger partial charge in [0.2, 0.25) is 0 Å². The van der Waals surface area contributed by atoms with Crippen molar-refractivity contribution in [1.82, 2.24) is 15.0 Å². The summed E-state index contributed by atoms with van der Waals surface area (Å²) in [6.45, 7) is 0. The van der Waals surface area contributed by atoms with Crippen LogP contribution in [0.1, 0.15) is 0 Å². The van der Waals surface area contributed by atoms with Gasteiger partial charge in [-0.25, -0.2) is 0 Å². The molecule has 3 heterocycles. The third kappa shape index (κ3) is 5.02. The number of aromatic nitrogens is 3. The van der Waals surface area contributed by atoms with Gasteiger partial charge >= 0.3 is 243 Å². The molecule has 11 rings (SSSR count). The Morgan fingerprint density at radius 1 is 0.352 bits per heavy atom. The van der Waals surface area contributed by atoms with Crippen LogP contribution in [0.2, 0.25) is 0 Å². The number of furan rings is 1. The Kier molecular flexibility index (Phi) is 7.16. The second-order valence-corrected chi connectivity index (χ2v) is 15.7. The molecule has 0 aliphatic carbocycles. The van der Waals surface area contributed by atoms with E-state index in [1.165, 1.54) is 46.9 Å². The van der Waals surface area contributed by atoms with E-state index in [1.54, 1.807) is 0 Å². The van der Waals surface area contributed by atoms with Crippen LogP contribution in [-0.2, 0) is 0 Å². The Labute approximate surface area is 316 Å². The van der Waals surface area contributed by atoms with Crippen molar-refractivity contribution in [3.63, 3.8) is 0 Å². The van der Waals surface area contributed by atoms with Gasteiger partial charge in [-0.3, -0.25) is 0 Å². The van der Waals surface area contributed by atoms with E-state index in [0.717, 1.165) is 44.0 Å². The minimum atomic E-state index is 0.161. The average molecular weight is 755 g/mol. The van der Waals surface area contributed by atoms with Gasteiger partial charge in [-0.1, -0.05) is 42.5 Å². The van der Waals surface area contributed by atoms with E-state index in [1.807, 2.05) is 60.7 Å². The smallest absolute Gasteiger partial charge is 0.0615 e. The zero-order chi connectivity index (χ0) is 35.6. The number of para-hydroxylation sites is 1. The fraction of sp³-hybridized carbons (Fsp3) is 0. The molecule has 0 fully saturated rings. The van der Waals surface area contributed by atoms with Gasteiger partial charge in [-0.15, -0.1) is 0 Å². The maximum absolute atomic E-state index is 6.24. The summed E-state index contributed by atoms with van der Waals surface area (Å²) in [5.41, 5.74) is 9.59. The molecule has 0 saturated heterocycles. The van der Waals surface area contributed by atoms with Crippen LogP contribution in [0, 0.1) is 0 Å². The van der Waals surface area contributed by atoms with Crippen LogP contribution in [-0.4, -0.2) is 29.5 Å². The second-order valence-electron chi connectivity index (χ2n) is 13.5. The van der Waals surface area contributed by atoms with Crippen LogP contribution in [0.3, 0.4) is 0 Å². The molecule has 5 heteroatoms. The monoisotopic (exact) mass is 755 g/mol. The molecular weight excluding hydrogens is 726 g/mol. The molecule has 0 radical (unpaired) electrons.